The van der Waals surface area contributed by atoms with Gasteiger partial charge in [-0.2, -0.15) is 4.80 Å². The number of rotatable bonds is 7. The van der Waals surface area contributed by atoms with Gasteiger partial charge in [-0.25, -0.2) is 0 Å². The van der Waals surface area contributed by atoms with Gasteiger partial charge >= 0.3 is 0 Å². The number of hydrogen-bond acceptors (Lipinski definition) is 7. The van der Waals surface area contributed by atoms with Crippen molar-refractivity contribution >= 4 is 17.3 Å². The second kappa shape index (κ2) is 9.65. The minimum Gasteiger partial charge on any atom is -0.493 e. The molecule has 2 heterocycles. The molecule has 0 radical (unpaired) electrons. The molecule has 3 rings (SSSR count). The minimum atomic E-state index is 0.208. The number of benzene rings is 1. The molecule has 0 spiro atoms. The monoisotopic (exact) mass is 406 g/mol. The number of piperidine rings is 1. The van der Waals surface area contributed by atoms with Crippen LogP contribution in [0.3, 0.4) is 0 Å². The third-order valence-electron chi connectivity index (χ3n) is 4.73. The number of hydrogen-bond donors (Lipinski definition) is 1. The van der Waals surface area contributed by atoms with Crippen LogP contribution in [0.1, 0.15) is 18.9 Å². The van der Waals surface area contributed by atoms with Gasteiger partial charge in [0.05, 0.1) is 26.9 Å². The van der Waals surface area contributed by atoms with E-state index in [1.54, 1.807) is 26.1 Å². The minimum absolute atomic E-state index is 0.208. The van der Waals surface area contributed by atoms with E-state index < -0.39 is 0 Å². The summed E-state index contributed by atoms with van der Waals surface area (Å²) in [6.45, 7) is 3.07. The highest BCUT2D eigenvalue weighted by Gasteiger charge is 2.24. The van der Waals surface area contributed by atoms with Crippen molar-refractivity contribution in [3.63, 3.8) is 0 Å². The van der Waals surface area contributed by atoms with Crippen molar-refractivity contribution in [3.8, 4) is 22.9 Å². The van der Waals surface area contributed by atoms with Gasteiger partial charge < -0.3 is 24.4 Å². The Morgan fingerprint density at radius 3 is 2.61 bits per heavy atom. The highest BCUT2D eigenvalue weighted by molar-refractivity contribution is 7.80. The van der Waals surface area contributed by atoms with Crippen LogP contribution in [0, 0.1) is 0 Å². The van der Waals surface area contributed by atoms with Crippen LogP contribution in [-0.4, -0.2) is 77.8 Å². The molecule has 0 amide bonds. The molecule has 0 unspecified atom stereocenters. The molecular weight excluding hydrogens is 380 g/mol. The summed E-state index contributed by atoms with van der Waals surface area (Å²) in [5, 5.41) is 17.0. The average Bonchev–Trinajstić information content (AvgIpc) is 3.23. The van der Waals surface area contributed by atoms with E-state index in [0.717, 1.165) is 36.6 Å². The summed E-state index contributed by atoms with van der Waals surface area (Å²) in [7, 11) is 4.89. The highest BCUT2D eigenvalue weighted by Crippen LogP contribution is 2.31. The zero-order chi connectivity index (χ0) is 19.9. The summed E-state index contributed by atoms with van der Waals surface area (Å²) in [4.78, 5) is 3.89. The van der Waals surface area contributed by atoms with Crippen LogP contribution >= 0.6 is 12.2 Å². The maximum Gasteiger partial charge on any atom is 0.205 e. The number of ether oxygens (including phenoxy) is 3. The van der Waals surface area contributed by atoms with E-state index in [1.807, 2.05) is 18.2 Å². The van der Waals surface area contributed by atoms with Crippen LogP contribution in [0.2, 0.25) is 0 Å². The fraction of sp³-hybridized carbons (Fsp3) is 0.556. The predicted octanol–water partition coefficient (Wildman–Crippen LogP) is 1.52. The summed E-state index contributed by atoms with van der Waals surface area (Å²) >= 11 is 5.44. The molecular formula is C18H26N6O3S. The van der Waals surface area contributed by atoms with Crippen molar-refractivity contribution in [2.24, 2.45) is 0 Å². The van der Waals surface area contributed by atoms with E-state index in [1.165, 1.54) is 0 Å². The van der Waals surface area contributed by atoms with Crippen LogP contribution < -0.4 is 14.8 Å². The smallest absolute Gasteiger partial charge is 0.205 e. The topological polar surface area (TPSA) is 86.6 Å². The van der Waals surface area contributed by atoms with Crippen LogP contribution in [-0.2, 0) is 4.74 Å². The molecule has 28 heavy (non-hydrogen) atoms. The number of tetrazole rings is 1. The first-order valence-electron chi connectivity index (χ1n) is 9.20. The number of likely N-dealkylation sites (tertiary alicyclic amines) is 1. The largest absolute Gasteiger partial charge is 0.493 e. The Balaban J connectivity index is 1.60. The fourth-order valence-electron chi connectivity index (χ4n) is 3.14. The number of methoxy groups -OCH3 is 3. The summed E-state index contributed by atoms with van der Waals surface area (Å²) in [6, 6.07) is 5.80. The van der Waals surface area contributed by atoms with Gasteiger partial charge in [0.1, 0.15) is 0 Å². The lowest BCUT2D eigenvalue weighted by atomic mass is 10.1. The molecule has 1 N–H and O–H groups in total. The number of thiocarbonyl (C=S) groups is 1. The van der Waals surface area contributed by atoms with Crippen molar-refractivity contribution in [1.82, 2.24) is 30.4 Å². The van der Waals surface area contributed by atoms with Crippen molar-refractivity contribution in [3.05, 3.63) is 18.2 Å². The third-order valence-corrected chi connectivity index (χ3v) is 5.13. The molecule has 1 aliphatic heterocycles. The zero-order valence-corrected chi connectivity index (χ0v) is 17.2. The predicted molar refractivity (Wildman–Crippen MR) is 109 cm³/mol. The Labute approximate surface area is 169 Å². The van der Waals surface area contributed by atoms with Gasteiger partial charge in [0.25, 0.3) is 0 Å². The second-order valence-corrected chi connectivity index (χ2v) is 6.83. The first kappa shape index (κ1) is 20.3. The molecule has 1 fully saturated rings. The Morgan fingerprint density at radius 1 is 1.18 bits per heavy atom. The van der Waals surface area contributed by atoms with Crippen molar-refractivity contribution in [2.75, 3.05) is 47.6 Å². The summed E-state index contributed by atoms with van der Waals surface area (Å²) in [6.07, 6.45) is 1.82. The van der Waals surface area contributed by atoms with Gasteiger partial charge in [0.2, 0.25) is 5.82 Å². The lowest BCUT2D eigenvalue weighted by Gasteiger charge is -2.33. The Bertz CT molecular complexity index is 791. The summed E-state index contributed by atoms with van der Waals surface area (Å²) < 4.78 is 15.7. The Kier molecular flexibility index (Phi) is 6.99. The van der Waals surface area contributed by atoms with Gasteiger partial charge in [-0.1, -0.05) is 0 Å². The molecule has 2 aromatic rings. The number of nitrogens with zero attached hydrogens (tertiary/aromatic N) is 5. The highest BCUT2D eigenvalue weighted by atomic mass is 32.1. The quantitative estimate of drug-likeness (QED) is 0.543. The summed E-state index contributed by atoms with van der Waals surface area (Å²) in [5.41, 5.74) is 0.838. The van der Waals surface area contributed by atoms with Crippen LogP contribution in [0.5, 0.6) is 11.5 Å². The van der Waals surface area contributed by atoms with E-state index in [2.05, 4.69) is 25.6 Å². The standard InChI is InChI=1S/C18H26N6O3S/c1-25-11-8-19-18(28)23-9-6-14(7-10-23)24-21-17(20-22-24)13-4-5-15(26-2)16(12-13)27-3/h4-5,12,14H,6-11H2,1-3H3,(H,19,28). The fourth-order valence-corrected chi connectivity index (χ4v) is 3.43. The second-order valence-electron chi connectivity index (χ2n) is 6.45. The zero-order valence-electron chi connectivity index (χ0n) is 16.4. The molecule has 152 valence electrons. The molecule has 1 aromatic heterocycles. The first-order chi connectivity index (χ1) is 13.7. The molecule has 0 aliphatic carbocycles. The van der Waals surface area contributed by atoms with E-state index in [-0.39, 0.29) is 6.04 Å². The molecule has 1 saturated heterocycles. The maximum atomic E-state index is 5.44. The average molecular weight is 407 g/mol. The molecule has 10 heteroatoms. The van der Waals surface area contributed by atoms with E-state index in [9.17, 15) is 0 Å². The molecule has 0 saturated carbocycles. The SMILES string of the molecule is COCCNC(=S)N1CCC(n2nnc(-c3ccc(OC)c(OC)c3)n2)CC1. The van der Waals surface area contributed by atoms with Crippen LogP contribution in [0.25, 0.3) is 11.4 Å². The van der Waals surface area contributed by atoms with Crippen molar-refractivity contribution in [2.45, 2.75) is 18.9 Å². The molecule has 1 aliphatic rings. The third kappa shape index (κ3) is 4.68. The lowest BCUT2D eigenvalue weighted by molar-refractivity contribution is 0.200. The lowest BCUT2D eigenvalue weighted by Crippen LogP contribution is -2.45. The van der Waals surface area contributed by atoms with Gasteiger partial charge in [-0.3, -0.25) is 0 Å². The van der Waals surface area contributed by atoms with Gasteiger partial charge in [-0.15, -0.1) is 10.2 Å². The van der Waals surface area contributed by atoms with E-state index in [4.69, 9.17) is 26.4 Å². The van der Waals surface area contributed by atoms with Gasteiger partial charge in [0, 0.05) is 32.3 Å². The molecule has 0 atom stereocenters. The molecule has 1 aromatic carbocycles. The van der Waals surface area contributed by atoms with Crippen molar-refractivity contribution in [1.29, 1.82) is 0 Å². The molecule has 0 bridgehead atoms. The normalized spacial score (nSPS) is 14.8. The molecule has 9 nitrogen and oxygen atoms in total. The van der Waals surface area contributed by atoms with E-state index in [0.29, 0.717) is 30.5 Å². The van der Waals surface area contributed by atoms with Gasteiger partial charge in [0.15, 0.2) is 16.6 Å². The Morgan fingerprint density at radius 2 is 1.93 bits per heavy atom. The maximum absolute atomic E-state index is 5.44. The first-order valence-corrected chi connectivity index (χ1v) is 9.60. The number of nitrogens with one attached hydrogen (secondary N) is 1. The number of aromatic nitrogens is 4. The van der Waals surface area contributed by atoms with Crippen molar-refractivity contribution < 1.29 is 14.2 Å². The van der Waals surface area contributed by atoms with Gasteiger partial charge in [-0.05, 0) is 48.5 Å². The van der Waals surface area contributed by atoms with Crippen LogP contribution in [0.4, 0.5) is 0 Å². The Hall–Kier alpha value is -2.46. The summed E-state index contributed by atoms with van der Waals surface area (Å²) in [5.74, 6) is 1.88. The van der Waals surface area contributed by atoms with E-state index >= 15 is 0 Å². The van der Waals surface area contributed by atoms with Crippen LogP contribution in [0.15, 0.2) is 18.2 Å².